The van der Waals surface area contributed by atoms with Gasteiger partial charge in [0.15, 0.2) is 5.65 Å². The van der Waals surface area contributed by atoms with Crippen molar-refractivity contribution in [2.45, 2.75) is 20.3 Å². The van der Waals surface area contributed by atoms with E-state index in [1.54, 1.807) is 24.0 Å². The van der Waals surface area contributed by atoms with Crippen LogP contribution in [0.5, 0.6) is 5.75 Å². The van der Waals surface area contributed by atoms with Crippen LogP contribution in [0.3, 0.4) is 0 Å². The molecular formula is C21H17N5OS. The van der Waals surface area contributed by atoms with E-state index in [-0.39, 0.29) is 5.41 Å². The summed E-state index contributed by atoms with van der Waals surface area (Å²) in [6.45, 7) is 5.16. The topological polar surface area (TPSA) is 65.2 Å². The molecule has 1 aliphatic rings. The lowest BCUT2D eigenvalue weighted by Crippen LogP contribution is -2.29. The number of fused-ring (bicyclic) bond motifs is 7. The predicted molar refractivity (Wildman–Crippen MR) is 110 cm³/mol. The molecule has 7 heteroatoms. The summed E-state index contributed by atoms with van der Waals surface area (Å²) in [6, 6.07) is 10.3. The van der Waals surface area contributed by atoms with Crippen molar-refractivity contribution in [3.05, 3.63) is 48.5 Å². The molecule has 138 valence electrons. The highest BCUT2D eigenvalue weighted by atomic mass is 32.1. The number of hydrogen-bond acceptors (Lipinski definition) is 6. The molecule has 1 aliphatic heterocycles. The fourth-order valence-corrected chi connectivity index (χ4v) is 5.11. The smallest absolute Gasteiger partial charge is 0.181 e. The zero-order valence-corrected chi connectivity index (χ0v) is 16.3. The highest BCUT2D eigenvalue weighted by molar-refractivity contribution is 7.26. The summed E-state index contributed by atoms with van der Waals surface area (Å²) in [5.74, 6) is 0.890. The van der Waals surface area contributed by atoms with Gasteiger partial charge in [0.05, 0.1) is 12.1 Å². The fraction of sp³-hybridized carbons (Fsp3) is 0.238. The first kappa shape index (κ1) is 15.9. The van der Waals surface area contributed by atoms with E-state index in [1.165, 1.54) is 5.56 Å². The average Bonchev–Trinajstić information content (AvgIpc) is 3.31. The highest BCUT2D eigenvalue weighted by Gasteiger charge is 2.32. The van der Waals surface area contributed by atoms with Crippen molar-refractivity contribution >= 4 is 37.4 Å². The van der Waals surface area contributed by atoms with Gasteiger partial charge in [-0.05, 0) is 6.42 Å². The van der Waals surface area contributed by atoms with Crippen molar-refractivity contribution in [1.82, 2.24) is 24.6 Å². The van der Waals surface area contributed by atoms with Crippen LogP contribution in [-0.4, -0.2) is 31.2 Å². The van der Waals surface area contributed by atoms with Crippen molar-refractivity contribution in [1.29, 1.82) is 0 Å². The maximum atomic E-state index is 6.30. The van der Waals surface area contributed by atoms with Gasteiger partial charge in [-0.2, -0.15) is 0 Å². The Morgan fingerprint density at radius 1 is 1.14 bits per heavy atom. The van der Waals surface area contributed by atoms with Gasteiger partial charge >= 0.3 is 0 Å². The van der Waals surface area contributed by atoms with Gasteiger partial charge in [0.1, 0.15) is 33.6 Å². The van der Waals surface area contributed by atoms with Crippen LogP contribution < -0.4 is 4.74 Å². The third kappa shape index (κ3) is 2.19. The first-order chi connectivity index (χ1) is 13.6. The molecule has 28 heavy (non-hydrogen) atoms. The normalized spacial score (nSPS) is 15.8. The van der Waals surface area contributed by atoms with Crippen molar-refractivity contribution in [3.8, 4) is 17.0 Å². The number of ether oxygens (including phenoxy) is 1. The maximum absolute atomic E-state index is 6.30. The van der Waals surface area contributed by atoms with E-state index in [1.807, 2.05) is 22.6 Å². The SMILES string of the molecule is CC1(C)COc2c(-c3ccccc3)nc3sc4c(ncn5cnnc45)c3c2C1. The molecule has 5 aromatic rings. The Hall–Kier alpha value is -3.06. The van der Waals surface area contributed by atoms with Crippen LogP contribution in [0.2, 0.25) is 0 Å². The number of benzene rings is 1. The lowest BCUT2D eigenvalue weighted by atomic mass is 9.83. The molecule has 1 aromatic carbocycles. The average molecular weight is 387 g/mol. The second kappa shape index (κ2) is 5.48. The monoisotopic (exact) mass is 387 g/mol. The highest BCUT2D eigenvalue weighted by Crippen LogP contribution is 2.47. The van der Waals surface area contributed by atoms with Crippen LogP contribution in [0.15, 0.2) is 43.0 Å². The lowest BCUT2D eigenvalue weighted by Gasteiger charge is -2.32. The summed E-state index contributed by atoms with van der Waals surface area (Å²) in [6.07, 6.45) is 4.37. The summed E-state index contributed by atoms with van der Waals surface area (Å²) < 4.78 is 9.17. The van der Waals surface area contributed by atoms with Crippen LogP contribution >= 0.6 is 11.3 Å². The molecule has 0 unspecified atom stereocenters. The first-order valence-electron chi connectivity index (χ1n) is 9.22. The third-order valence-corrected chi connectivity index (χ3v) is 6.33. The minimum absolute atomic E-state index is 0.0580. The van der Waals surface area contributed by atoms with Gasteiger partial charge in [-0.1, -0.05) is 44.2 Å². The third-order valence-electron chi connectivity index (χ3n) is 5.27. The van der Waals surface area contributed by atoms with Crippen LogP contribution in [0.25, 0.3) is 37.3 Å². The lowest BCUT2D eigenvalue weighted by molar-refractivity contribution is 0.156. The minimum atomic E-state index is 0.0580. The van der Waals surface area contributed by atoms with E-state index in [2.05, 4.69) is 36.2 Å². The molecule has 0 saturated heterocycles. The van der Waals surface area contributed by atoms with E-state index >= 15 is 0 Å². The van der Waals surface area contributed by atoms with Crippen LogP contribution in [0.1, 0.15) is 19.4 Å². The second-order valence-electron chi connectivity index (χ2n) is 8.03. The predicted octanol–water partition coefficient (Wildman–Crippen LogP) is 4.52. The zero-order chi connectivity index (χ0) is 18.9. The molecule has 6 rings (SSSR count). The van der Waals surface area contributed by atoms with Crippen molar-refractivity contribution in [2.75, 3.05) is 6.61 Å². The van der Waals surface area contributed by atoms with E-state index in [0.29, 0.717) is 6.61 Å². The number of hydrogen-bond donors (Lipinski definition) is 0. The van der Waals surface area contributed by atoms with E-state index in [9.17, 15) is 0 Å². The standard InChI is InChI=1S/C21H17N5OS/c1-21(2)8-13-14-16-18(19-25-23-11-26(19)10-22-16)28-20(14)24-15(17(13)27-9-21)12-6-4-3-5-7-12/h3-7,10-11H,8-9H2,1-2H3. The van der Waals surface area contributed by atoms with Crippen molar-refractivity contribution in [3.63, 3.8) is 0 Å². The van der Waals surface area contributed by atoms with Gasteiger partial charge in [0.25, 0.3) is 0 Å². The van der Waals surface area contributed by atoms with Gasteiger partial charge < -0.3 is 4.74 Å². The Bertz CT molecular complexity index is 1370. The first-order valence-corrected chi connectivity index (χ1v) is 10.0. The van der Waals surface area contributed by atoms with Crippen LogP contribution in [0.4, 0.5) is 0 Å². The molecule has 4 aromatic heterocycles. The fourth-order valence-electron chi connectivity index (χ4n) is 3.97. The summed E-state index contributed by atoms with van der Waals surface area (Å²) in [7, 11) is 0. The number of pyridine rings is 1. The van der Waals surface area contributed by atoms with Gasteiger partial charge in [-0.25, -0.2) is 9.97 Å². The molecule has 0 bridgehead atoms. The van der Waals surface area contributed by atoms with Crippen LogP contribution in [0, 0.1) is 5.41 Å². The summed E-state index contributed by atoms with van der Waals surface area (Å²) in [5.41, 5.74) is 4.98. The Morgan fingerprint density at radius 2 is 2.00 bits per heavy atom. The molecule has 0 atom stereocenters. The molecule has 0 amide bonds. The van der Waals surface area contributed by atoms with E-state index in [4.69, 9.17) is 14.7 Å². The number of aromatic nitrogens is 5. The number of rotatable bonds is 1. The van der Waals surface area contributed by atoms with Gasteiger partial charge in [-0.3, -0.25) is 4.40 Å². The van der Waals surface area contributed by atoms with E-state index in [0.717, 1.165) is 49.5 Å². The zero-order valence-electron chi connectivity index (χ0n) is 15.5. The Labute approximate surface area is 164 Å². The van der Waals surface area contributed by atoms with Gasteiger partial charge in [0, 0.05) is 21.9 Å². The summed E-state index contributed by atoms with van der Waals surface area (Å²) in [5, 5.41) is 9.41. The van der Waals surface area contributed by atoms with Crippen LogP contribution in [-0.2, 0) is 6.42 Å². The molecule has 6 nitrogen and oxygen atoms in total. The number of thiophene rings is 1. The molecule has 0 aliphatic carbocycles. The minimum Gasteiger partial charge on any atom is -0.490 e. The molecule has 0 saturated carbocycles. The van der Waals surface area contributed by atoms with Gasteiger partial charge in [0.2, 0.25) is 0 Å². The largest absolute Gasteiger partial charge is 0.490 e. The van der Waals surface area contributed by atoms with Crippen molar-refractivity contribution in [2.24, 2.45) is 5.41 Å². The summed E-state index contributed by atoms with van der Waals surface area (Å²) >= 11 is 1.63. The molecule has 0 spiro atoms. The Morgan fingerprint density at radius 3 is 2.86 bits per heavy atom. The molecular weight excluding hydrogens is 370 g/mol. The quantitative estimate of drug-likeness (QED) is 0.423. The van der Waals surface area contributed by atoms with Crippen molar-refractivity contribution < 1.29 is 4.74 Å². The number of nitrogens with zero attached hydrogens (tertiary/aromatic N) is 5. The van der Waals surface area contributed by atoms with Gasteiger partial charge in [-0.15, -0.1) is 21.5 Å². The molecule has 0 fully saturated rings. The Kier molecular flexibility index (Phi) is 3.12. The Balaban J connectivity index is 1.77. The molecule has 5 heterocycles. The molecule has 0 N–H and O–H groups in total. The maximum Gasteiger partial charge on any atom is 0.181 e. The molecule has 0 radical (unpaired) electrons. The summed E-state index contributed by atoms with van der Waals surface area (Å²) in [4.78, 5) is 10.7. The van der Waals surface area contributed by atoms with E-state index < -0.39 is 0 Å². The second-order valence-corrected chi connectivity index (χ2v) is 9.03.